The van der Waals surface area contributed by atoms with Gasteiger partial charge in [0.25, 0.3) is 0 Å². The summed E-state index contributed by atoms with van der Waals surface area (Å²) in [6.07, 6.45) is 8.28. The molecule has 0 fully saturated rings. The molecule has 0 aliphatic rings. The van der Waals surface area contributed by atoms with Crippen molar-refractivity contribution in [1.82, 2.24) is 0 Å². The third-order valence-electron chi connectivity index (χ3n) is 2.27. The molecular weight excluding hydrogens is 156 g/mol. The third-order valence-corrected chi connectivity index (χ3v) is 2.27. The van der Waals surface area contributed by atoms with Gasteiger partial charge in [0, 0.05) is 0 Å². The monoisotopic (exact) mass is 186 g/mol. The lowest BCUT2D eigenvalue weighted by molar-refractivity contribution is 0.398. The molecule has 0 heterocycles. The highest BCUT2D eigenvalue weighted by Gasteiger charge is 2.03. The molecule has 82 valence electrons. The molecule has 0 aromatic heterocycles. The summed E-state index contributed by atoms with van der Waals surface area (Å²) in [5.41, 5.74) is 0.542. The summed E-state index contributed by atoms with van der Waals surface area (Å²) in [4.78, 5) is 0. The van der Waals surface area contributed by atoms with Crippen molar-refractivity contribution in [2.75, 3.05) is 0 Å². The van der Waals surface area contributed by atoms with E-state index in [1.54, 1.807) is 0 Å². The minimum Gasteiger partial charge on any atom is -0.0654 e. The zero-order chi connectivity index (χ0) is 10.7. The van der Waals surface area contributed by atoms with Crippen molar-refractivity contribution < 1.29 is 0 Å². The van der Waals surface area contributed by atoms with E-state index in [0.717, 1.165) is 0 Å². The van der Waals surface area contributed by atoms with Crippen LogP contribution in [0.25, 0.3) is 0 Å². The Bertz CT molecular complexity index is 72.5. The van der Waals surface area contributed by atoms with Crippen LogP contribution in [0, 0.1) is 5.41 Å². The van der Waals surface area contributed by atoms with Gasteiger partial charge < -0.3 is 0 Å². The highest BCUT2D eigenvalue weighted by molar-refractivity contribution is 4.55. The Hall–Kier alpha value is 0. The SMILES string of the molecule is CCC(C)(C)C.CCCCCCC. The Morgan fingerprint density at radius 1 is 0.692 bits per heavy atom. The van der Waals surface area contributed by atoms with Gasteiger partial charge in [0.15, 0.2) is 0 Å². The van der Waals surface area contributed by atoms with E-state index in [1.165, 1.54) is 38.5 Å². The quantitative estimate of drug-likeness (QED) is 0.514. The molecule has 0 unspecified atom stereocenters. The second kappa shape index (κ2) is 10.1. The van der Waals surface area contributed by atoms with Gasteiger partial charge in [0.1, 0.15) is 0 Å². The van der Waals surface area contributed by atoms with Gasteiger partial charge in [0.2, 0.25) is 0 Å². The number of hydrogen-bond donors (Lipinski definition) is 0. The van der Waals surface area contributed by atoms with E-state index < -0.39 is 0 Å². The van der Waals surface area contributed by atoms with Crippen molar-refractivity contribution in [1.29, 1.82) is 0 Å². The summed E-state index contributed by atoms with van der Waals surface area (Å²) in [5, 5.41) is 0. The Balaban J connectivity index is 0. The summed E-state index contributed by atoms with van der Waals surface area (Å²) >= 11 is 0. The topological polar surface area (TPSA) is 0 Å². The summed E-state index contributed by atoms with van der Waals surface area (Å²) in [5.74, 6) is 0. The molecule has 0 aliphatic carbocycles. The molecule has 0 atom stereocenters. The van der Waals surface area contributed by atoms with E-state index in [2.05, 4.69) is 41.5 Å². The van der Waals surface area contributed by atoms with Gasteiger partial charge in [-0.25, -0.2) is 0 Å². The van der Waals surface area contributed by atoms with Crippen LogP contribution < -0.4 is 0 Å². The molecule has 0 rings (SSSR count). The van der Waals surface area contributed by atoms with Crippen molar-refractivity contribution in [2.45, 2.75) is 80.1 Å². The summed E-state index contributed by atoms with van der Waals surface area (Å²) in [6.45, 7) is 13.4. The predicted octanol–water partition coefficient (Wildman–Crippen LogP) is 5.42. The fourth-order valence-electron chi connectivity index (χ4n) is 0.677. The Morgan fingerprint density at radius 3 is 1.15 bits per heavy atom. The van der Waals surface area contributed by atoms with Gasteiger partial charge in [-0.3, -0.25) is 0 Å². The standard InChI is InChI=1S/C7H16.C6H14/c1-3-5-7-6-4-2;1-5-6(2,3)4/h3-7H2,1-2H3;5H2,1-4H3. The number of rotatable bonds is 4. The minimum atomic E-state index is 0.542. The van der Waals surface area contributed by atoms with E-state index in [1.807, 2.05) is 0 Å². The van der Waals surface area contributed by atoms with Crippen LogP contribution in [0.15, 0.2) is 0 Å². The van der Waals surface area contributed by atoms with Crippen molar-refractivity contribution in [3.63, 3.8) is 0 Å². The van der Waals surface area contributed by atoms with Gasteiger partial charge in [-0.1, -0.05) is 80.1 Å². The Morgan fingerprint density at radius 2 is 1.00 bits per heavy atom. The molecule has 0 aliphatic heterocycles. The smallest absolute Gasteiger partial charge is 0.0385 e. The molecule has 0 amide bonds. The van der Waals surface area contributed by atoms with Crippen LogP contribution in [-0.2, 0) is 0 Å². The van der Waals surface area contributed by atoms with Crippen LogP contribution in [0.5, 0.6) is 0 Å². The lowest BCUT2D eigenvalue weighted by Gasteiger charge is -2.12. The van der Waals surface area contributed by atoms with Gasteiger partial charge in [-0.15, -0.1) is 0 Å². The van der Waals surface area contributed by atoms with Crippen LogP contribution >= 0.6 is 0 Å². The van der Waals surface area contributed by atoms with E-state index in [4.69, 9.17) is 0 Å². The maximum Gasteiger partial charge on any atom is -0.0385 e. The second-order valence-corrected chi connectivity index (χ2v) is 4.97. The lowest BCUT2D eigenvalue weighted by atomic mass is 9.94. The predicted molar refractivity (Wildman–Crippen MR) is 64.2 cm³/mol. The molecule has 0 radical (unpaired) electrons. The Kier molecular flexibility index (Phi) is 12.0. The van der Waals surface area contributed by atoms with E-state index >= 15 is 0 Å². The minimum absolute atomic E-state index is 0.542. The first-order valence-electron chi connectivity index (χ1n) is 5.97. The van der Waals surface area contributed by atoms with Crippen molar-refractivity contribution in [2.24, 2.45) is 5.41 Å². The lowest BCUT2D eigenvalue weighted by Crippen LogP contribution is -2.00. The summed E-state index contributed by atoms with van der Waals surface area (Å²) in [6, 6.07) is 0. The fourth-order valence-corrected chi connectivity index (χ4v) is 0.677. The highest BCUT2D eigenvalue weighted by atomic mass is 14.1. The zero-order valence-electron chi connectivity index (χ0n) is 10.7. The average molecular weight is 186 g/mol. The molecule has 13 heavy (non-hydrogen) atoms. The first-order valence-corrected chi connectivity index (χ1v) is 5.97. The van der Waals surface area contributed by atoms with Crippen LogP contribution in [-0.4, -0.2) is 0 Å². The molecule has 0 aromatic rings. The van der Waals surface area contributed by atoms with Crippen LogP contribution in [0.3, 0.4) is 0 Å². The molecule has 0 aromatic carbocycles. The molecule has 0 heteroatoms. The van der Waals surface area contributed by atoms with Crippen LogP contribution in [0.1, 0.15) is 80.1 Å². The van der Waals surface area contributed by atoms with Gasteiger partial charge >= 0.3 is 0 Å². The van der Waals surface area contributed by atoms with E-state index in [-0.39, 0.29) is 0 Å². The van der Waals surface area contributed by atoms with Crippen molar-refractivity contribution in [3.8, 4) is 0 Å². The molecular formula is C13H30. The van der Waals surface area contributed by atoms with Crippen molar-refractivity contribution in [3.05, 3.63) is 0 Å². The molecule has 0 saturated carbocycles. The largest absolute Gasteiger partial charge is 0.0654 e. The van der Waals surface area contributed by atoms with E-state index in [9.17, 15) is 0 Å². The molecule has 0 N–H and O–H groups in total. The fraction of sp³-hybridized carbons (Fsp3) is 1.00. The summed E-state index contributed by atoms with van der Waals surface area (Å²) in [7, 11) is 0. The third kappa shape index (κ3) is 24.5. The molecule has 0 spiro atoms. The highest BCUT2D eigenvalue weighted by Crippen LogP contribution is 2.16. The van der Waals surface area contributed by atoms with E-state index in [0.29, 0.717) is 5.41 Å². The van der Waals surface area contributed by atoms with Crippen LogP contribution in [0.4, 0.5) is 0 Å². The zero-order valence-corrected chi connectivity index (χ0v) is 10.7. The van der Waals surface area contributed by atoms with Gasteiger partial charge in [-0.05, 0) is 5.41 Å². The molecule has 0 nitrogen and oxygen atoms in total. The Labute approximate surface area is 86.1 Å². The first kappa shape index (κ1) is 15.5. The first-order chi connectivity index (χ1) is 5.97. The second-order valence-electron chi connectivity index (χ2n) is 4.97. The maximum absolute atomic E-state index is 2.25. The van der Waals surface area contributed by atoms with Gasteiger partial charge in [-0.2, -0.15) is 0 Å². The van der Waals surface area contributed by atoms with Crippen molar-refractivity contribution >= 4 is 0 Å². The average Bonchev–Trinajstić information content (AvgIpc) is 2.06. The van der Waals surface area contributed by atoms with Gasteiger partial charge in [0.05, 0.1) is 0 Å². The van der Waals surface area contributed by atoms with Crippen LogP contribution in [0.2, 0.25) is 0 Å². The molecule has 0 saturated heterocycles. The molecule has 0 bridgehead atoms. The maximum atomic E-state index is 2.25. The normalized spacial score (nSPS) is 10.6. The summed E-state index contributed by atoms with van der Waals surface area (Å²) < 4.78 is 0. The number of unbranched alkanes of at least 4 members (excludes halogenated alkanes) is 4. The number of hydrogen-bond acceptors (Lipinski definition) is 0.